The number of H-pyrrole nitrogens is 1. The molecule has 1 unspecified atom stereocenters. The van der Waals surface area contributed by atoms with Crippen molar-refractivity contribution in [3.63, 3.8) is 0 Å². The molecule has 1 heterocycles. The van der Waals surface area contributed by atoms with Gasteiger partial charge in [-0.1, -0.05) is 0 Å². The lowest BCUT2D eigenvalue weighted by Gasteiger charge is -2.17. The molecule has 0 bridgehead atoms. The van der Waals surface area contributed by atoms with Gasteiger partial charge in [-0.2, -0.15) is 0 Å². The van der Waals surface area contributed by atoms with Gasteiger partial charge in [0.25, 0.3) is 0 Å². The molecule has 5 nitrogen and oxygen atoms in total. The van der Waals surface area contributed by atoms with Gasteiger partial charge in [-0.25, -0.2) is 9.78 Å². The first-order valence-corrected chi connectivity index (χ1v) is 4.46. The molecule has 76 valence electrons. The highest BCUT2D eigenvalue weighted by molar-refractivity contribution is 5.77. The van der Waals surface area contributed by atoms with Crippen molar-refractivity contribution in [2.45, 2.75) is 24.4 Å². The van der Waals surface area contributed by atoms with Gasteiger partial charge in [0.1, 0.15) is 5.82 Å². The molecule has 5 heteroatoms. The number of aromatic amines is 1. The van der Waals surface area contributed by atoms with E-state index in [1.807, 2.05) is 0 Å². The number of aliphatic hydroxyl groups excluding tert-OH is 1. The van der Waals surface area contributed by atoms with Gasteiger partial charge in [0, 0.05) is 12.4 Å². The SMILES string of the molecule is COC(=O)C(O)C1(c2ncc[nH]2)CC1. The molecular weight excluding hydrogens is 184 g/mol. The molecule has 1 aliphatic carbocycles. The molecular formula is C9H12N2O3. The van der Waals surface area contributed by atoms with Crippen molar-refractivity contribution in [3.8, 4) is 0 Å². The monoisotopic (exact) mass is 196 g/mol. The lowest BCUT2D eigenvalue weighted by molar-refractivity contribution is -0.152. The zero-order valence-electron chi connectivity index (χ0n) is 7.86. The lowest BCUT2D eigenvalue weighted by atomic mass is 9.98. The van der Waals surface area contributed by atoms with Crippen LogP contribution < -0.4 is 0 Å². The van der Waals surface area contributed by atoms with Gasteiger partial charge in [0.15, 0.2) is 6.10 Å². The van der Waals surface area contributed by atoms with Gasteiger partial charge < -0.3 is 14.8 Å². The molecule has 0 spiro atoms. The van der Waals surface area contributed by atoms with Gasteiger partial charge >= 0.3 is 5.97 Å². The maximum absolute atomic E-state index is 11.2. The summed E-state index contributed by atoms with van der Waals surface area (Å²) in [5, 5.41) is 9.75. The number of hydrogen-bond donors (Lipinski definition) is 2. The normalized spacial score (nSPS) is 20.1. The van der Waals surface area contributed by atoms with Crippen molar-refractivity contribution in [1.29, 1.82) is 0 Å². The van der Waals surface area contributed by atoms with E-state index in [1.165, 1.54) is 7.11 Å². The molecule has 2 rings (SSSR count). The molecule has 1 atom stereocenters. The molecule has 1 aromatic heterocycles. The van der Waals surface area contributed by atoms with Crippen molar-refractivity contribution in [1.82, 2.24) is 9.97 Å². The molecule has 1 aliphatic rings. The maximum atomic E-state index is 11.2. The van der Waals surface area contributed by atoms with Gasteiger partial charge in [-0.05, 0) is 12.8 Å². The first kappa shape index (κ1) is 9.21. The van der Waals surface area contributed by atoms with Crippen LogP contribution >= 0.6 is 0 Å². The van der Waals surface area contributed by atoms with E-state index < -0.39 is 17.5 Å². The molecule has 1 aromatic rings. The Morgan fingerprint density at radius 1 is 1.79 bits per heavy atom. The van der Waals surface area contributed by atoms with Gasteiger partial charge in [0.05, 0.1) is 12.5 Å². The quantitative estimate of drug-likeness (QED) is 0.666. The van der Waals surface area contributed by atoms with E-state index in [-0.39, 0.29) is 0 Å². The Hall–Kier alpha value is -1.36. The van der Waals surface area contributed by atoms with E-state index in [0.29, 0.717) is 5.82 Å². The number of nitrogens with zero attached hydrogens (tertiary/aromatic N) is 1. The highest BCUT2D eigenvalue weighted by Crippen LogP contribution is 2.49. The van der Waals surface area contributed by atoms with Crippen molar-refractivity contribution < 1.29 is 14.6 Å². The van der Waals surface area contributed by atoms with Crippen LogP contribution in [0.15, 0.2) is 12.4 Å². The Morgan fingerprint density at radius 2 is 2.50 bits per heavy atom. The van der Waals surface area contributed by atoms with Crippen LogP contribution in [0, 0.1) is 0 Å². The number of carbonyl (C=O) groups is 1. The van der Waals surface area contributed by atoms with Crippen LogP contribution in [0.4, 0.5) is 0 Å². The molecule has 0 radical (unpaired) electrons. The predicted molar refractivity (Wildman–Crippen MR) is 47.5 cm³/mol. The maximum Gasteiger partial charge on any atom is 0.335 e. The number of ether oxygens (including phenoxy) is 1. The van der Waals surface area contributed by atoms with Crippen LogP contribution in [0.25, 0.3) is 0 Å². The van der Waals surface area contributed by atoms with Crippen molar-refractivity contribution in [2.75, 3.05) is 7.11 Å². The van der Waals surface area contributed by atoms with Crippen molar-refractivity contribution in [2.24, 2.45) is 0 Å². The van der Waals surface area contributed by atoms with E-state index in [2.05, 4.69) is 14.7 Å². The fraction of sp³-hybridized carbons (Fsp3) is 0.556. The summed E-state index contributed by atoms with van der Waals surface area (Å²) in [6.45, 7) is 0. The zero-order chi connectivity index (χ0) is 10.2. The van der Waals surface area contributed by atoms with Gasteiger partial charge in [-0.3, -0.25) is 0 Å². The fourth-order valence-electron chi connectivity index (χ4n) is 1.65. The second kappa shape index (κ2) is 3.09. The standard InChI is InChI=1S/C9H12N2O3/c1-14-7(13)6(12)9(2-3-9)8-10-4-5-11-8/h4-6,12H,2-3H2,1H3,(H,10,11). The minimum atomic E-state index is -1.11. The van der Waals surface area contributed by atoms with Gasteiger partial charge in [0.2, 0.25) is 0 Å². The van der Waals surface area contributed by atoms with E-state index in [0.717, 1.165) is 12.8 Å². The first-order valence-electron chi connectivity index (χ1n) is 4.46. The van der Waals surface area contributed by atoms with Crippen LogP contribution in [0.1, 0.15) is 18.7 Å². The minimum Gasteiger partial charge on any atom is -0.467 e. The highest BCUT2D eigenvalue weighted by Gasteiger charge is 2.55. The molecule has 14 heavy (non-hydrogen) atoms. The van der Waals surface area contributed by atoms with E-state index in [1.54, 1.807) is 12.4 Å². The summed E-state index contributed by atoms with van der Waals surface area (Å²) in [7, 11) is 1.27. The number of imidazole rings is 1. The zero-order valence-corrected chi connectivity index (χ0v) is 7.86. The third-order valence-electron chi connectivity index (χ3n) is 2.71. The number of carbonyl (C=O) groups excluding carboxylic acids is 1. The largest absolute Gasteiger partial charge is 0.467 e. The smallest absolute Gasteiger partial charge is 0.335 e. The second-order valence-electron chi connectivity index (χ2n) is 3.52. The summed E-state index contributed by atoms with van der Waals surface area (Å²) in [4.78, 5) is 18.2. The average molecular weight is 196 g/mol. The lowest BCUT2D eigenvalue weighted by Crippen LogP contribution is -2.35. The Labute approximate surface area is 81.1 Å². The van der Waals surface area contributed by atoms with Crippen LogP contribution in [0.2, 0.25) is 0 Å². The number of esters is 1. The highest BCUT2D eigenvalue weighted by atomic mass is 16.5. The summed E-state index contributed by atoms with van der Waals surface area (Å²) < 4.78 is 4.51. The number of aliphatic hydroxyl groups is 1. The Kier molecular flexibility index (Phi) is 2.03. The summed E-state index contributed by atoms with van der Waals surface area (Å²) in [5.41, 5.74) is -0.531. The molecule has 0 aromatic carbocycles. The topological polar surface area (TPSA) is 75.2 Å². The van der Waals surface area contributed by atoms with Crippen LogP contribution in [0.3, 0.4) is 0 Å². The Bertz CT molecular complexity index is 330. The first-order chi connectivity index (χ1) is 6.70. The third kappa shape index (κ3) is 1.21. The van der Waals surface area contributed by atoms with Crippen molar-refractivity contribution in [3.05, 3.63) is 18.2 Å². The van der Waals surface area contributed by atoms with E-state index >= 15 is 0 Å². The molecule has 1 fully saturated rings. The number of rotatable bonds is 3. The molecule has 2 N–H and O–H groups in total. The average Bonchev–Trinajstić information content (AvgIpc) is 2.84. The second-order valence-corrected chi connectivity index (χ2v) is 3.52. The summed E-state index contributed by atoms with van der Waals surface area (Å²) in [5.74, 6) is 0.0642. The Morgan fingerprint density at radius 3 is 2.93 bits per heavy atom. The third-order valence-corrected chi connectivity index (χ3v) is 2.71. The van der Waals surface area contributed by atoms with Crippen molar-refractivity contribution >= 4 is 5.97 Å². The molecule has 1 saturated carbocycles. The fourth-order valence-corrected chi connectivity index (χ4v) is 1.65. The molecule has 0 amide bonds. The van der Waals surface area contributed by atoms with E-state index in [9.17, 15) is 9.90 Å². The number of hydrogen-bond acceptors (Lipinski definition) is 4. The molecule has 0 aliphatic heterocycles. The molecule has 0 saturated heterocycles. The summed E-state index contributed by atoms with van der Waals surface area (Å²) >= 11 is 0. The van der Waals surface area contributed by atoms with Crippen LogP contribution in [-0.2, 0) is 14.9 Å². The summed E-state index contributed by atoms with van der Waals surface area (Å²) in [6, 6.07) is 0. The summed E-state index contributed by atoms with van der Waals surface area (Å²) in [6.07, 6.45) is 3.70. The Balaban J connectivity index is 2.21. The minimum absolute atomic E-state index is 0.531. The van der Waals surface area contributed by atoms with E-state index in [4.69, 9.17) is 0 Å². The predicted octanol–water partition coefficient (Wildman–Crippen LogP) is -0.0248. The number of aromatic nitrogens is 2. The van der Waals surface area contributed by atoms with Crippen LogP contribution in [-0.4, -0.2) is 34.3 Å². The number of nitrogens with one attached hydrogen (secondary N) is 1. The number of methoxy groups -OCH3 is 1. The van der Waals surface area contributed by atoms with Crippen LogP contribution in [0.5, 0.6) is 0 Å². The van der Waals surface area contributed by atoms with Gasteiger partial charge in [-0.15, -0.1) is 0 Å².